The predicted octanol–water partition coefficient (Wildman–Crippen LogP) is 2.04. The number of fused-ring (bicyclic) bond motifs is 1. The summed E-state index contributed by atoms with van der Waals surface area (Å²) in [5, 5.41) is 2.24. The third-order valence-corrected chi connectivity index (χ3v) is 3.45. The molecule has 114 valence electrons. The Morgan fingerprint density at radius 2 is 2.05 bits per heavy atom. The molecule has 1 heterocycles. The fraction of sp³-hybridized carbons (Fsp3) is 0.438. The van der Waals surface area contributed by atoms with Crippen LogP contribution >= 0.6 is 0 Å². The summed E-state index contributed by atoms with van der Waals surface area (Å²) in [6, 6.07) is 8.05. The summed E-state index contributed by atoms with van der Waals surface area (Å²) in [7, 11) is 3.38. The van der Waals surface area contributed by atoms with Gasteiger partial charge in [0.15, 0.2) is 0 Å². The van der Waals surface area contributed by atoms with Crippen molar-refractivity contribution in [3.05, 3.63) is 30.5 Å². The molecule has 21 heavy (non-hydrogen) atoms. The first kappa shape index (κ1) is 15.5. The lowest BCUT2D eigenvalue weighted by Gasteiger charge is -2.24. The zero-order valence-corrected chi connectivity index (χ0v) is 12.7. The smallest absolute Gasteiger partial charge is 0.136 e. The van der Waals surface area contributed by atoms with Crippen LogP contribution in [0.2, 0.25) is 0 Å². The third-order valence-electron chi connectivity index (χ3n) is 3.45. The maximum absolute atomic E-state index is 5.64. The van der Waals surface area contributed by atoms with Crippen molar-refractivity contribution >= 4 is 16.6 Å². The second-order valence-electron chi connectivity index (χ2n) is 4.84. The Kier molecular flexibility index (Phi) is 5.78. The van der Waals surface area contributed by atoms with E-state index < -0.39 is 0 Å². The van der Waals surface area contributed by atoms with Gasteiger partial charge in [0, 0.05) is 31.8 Å². The molecule has 0 saturated carbocycles. The molecular weight excluding hydrogens is 266 g/mol. The largest absolute Gasteiger partial charge is 0.497 e. The molecule has 0 aliphatic carbocycles. The molecule has 0 amide bonds. The van der Waals surface area contributed by atoms with Crippen molar-refractivity contribution in [1.29, 1.82) is 0 Å². The Hall–Kier alpha value is -1.85. The predicted molar refractivity (Wildman–Crippen MR) is 86.1 cm³/mol. The highest BCUT2D eigenvalue weighted by Gasteiger charge is 2.12. The van der Waals surface area contributed by atoms with E-state index in [1.807, 2.05) is 24.4 Å². The van der Waals surface area contributed by atoms with Gasteiger partial charge in [-0.25, -0.2) is 4.98 Å². The van der Waals surface area contributed by atoms with Gasteiger partial charge in [0.25, 0.3) is 0 Å². The Labute approximate surface area is 125 Å². The number of nitrogens with two attached hydrogens (primary N) is 1. The average Bonchev–Trinajstić information content (AvgIpc) is 2.54. The van der Waals surface area contributed by atoms with Gasteiger partial charge in [-0.05, 0) is 36.6 Å². The van der Waals surface area contributed by atoms with E-state index in [0.717, 1.165) is 41.9 Å². The maximum atomic E-state index is 5.64. The van der Waals surface area contributed by atoms with Crippen LogP contribution in [0.4, 0.5) is 5.82 Å². The Balaban J connectivity index is 2.39. The second kappa shape index (κ2) is 7.81. The highest BCUT2D eigenvalue weighted by molar-refractivity contribution is 5.93. The van der Waals surface area contributed by atoms with Gasteiger partial charge >= 0.3 is 0 Å². The molecule has 0 saturated heterocycles. The van der Waals surface area contributed by atoms with Crippen molar-refractivity contribution in [2.24, 2.45) is 5.73 Å². The van der Waals surface area contributed by atoms with Gasteiger partial charge in [-0.15, -0.1) is 0 Å². The van der Waals surface area contributed by atoms with Crippen LogP contribution in [0.15, 0.2) is 30.5 Å². The normalized spacial score (nSPS) is 10.8. The highest BCUT2D eigenvalue weighted by atomic mass is 16.5. The number of hydrogen-bond donors (Lipinski definition) is 1. The van der Waals surface area contributed by atoms with Crippen molar-refractivity contribution in [3.63, 3.8) is 0 Å². The van der Waals surface area contributed by atoms with Gasteiger partial charge in [0.2, 0.25) is 0 Å². The molecule has 1 aromatic heterocycles. The molecule has 0 aliphatic heterocycles. The summed E-state index contributed by atoms with van der Waals surface area (Å²) in [5.41, 5.74) is 5.64. The fourth-order valence-electron chi connectivity index (χ4n) is 2.32. The molecule has 0 unspecified atom stereocenters. The summed E-state index contributed by atoms with van der Waals surface area (Å²) in [4.78, 5) is 6.78. The summed E-state index contributed by atoms with van der Waals surface area (Å²) >= 11 is 0. The van der Waals surface area contributed by atoms with E-state index in [-0.39, 0.29) is 0 Å². The van der Waals surface area contributed by atoms with E-state index in [0.29, 0.717) is 13.2 Å². The SMILES string of the molecule is COCCN(CCCN)c1nccc2ccc(OC)cc12. The van der Waals surface area contributed by atoms with Crippen molar-refractivity contribution in [2.75, 3.05) is 45.4 Å². The van der Waals surface area contributed by atoms with E-state index in [1.165, 1.54) is 0 Å². The number of benzene rings is 1. The molecule has 1 aromatic carbocycles. The van der Waals surface area contributed by atoms with Gasteiger partial charge in [-0.1, -0.05) is 6.07 Å². The summed E-state index contributed by atoms with van der Waals surface area (Å²) in [6.07, 6.45) is 2.76. The van der Waals surface area contributed by atoms with Crippen LogP contribution in [0.5, 0.6) is 5.75 Å². The Bertz CT molecular complexity index is 566. The van der Waals surface area contributed by atoms with Crippen LogP contribution in [0.3, 0.4) is 0 Å². The fourth-order valence-corrected chi connectivity index (χ4v) is 2.32. The number of aromatic nitrogens is 1. The number of rotatable bonds is 8. The molecular formula is C16H23N3O2. The number of ether oxygens (including phenoxy) is 2. The summed E-state index contributed by atoms with van der Waals surface area (Å²) in [5.74, 6) is 1.79. The molecule has 0 spiro atoms. The average molecular weight is 289 g/mol. The van der Waals surface area contributed by atoms with Gasteiger partial charge in [0.05, 0.1) is 13.7 Å². The third kappa shape index (κ3) is 3.83. The van der Waals surface area contributed by atoms with Crippen LogP contribution in [0.25, 0.3) is 10.8 Å². The quantitative estimate of drug-likeness (QED) is 0.806. The first-order chi connectivity index (χ1) is 10.3. The lowest BCUT2D eigenvalue weighted by Crippen LogP contribution is -2.30. The molecule has 2 rings (SSSR count). The van der Waals surface area contributed by atoms with Crippen LogP contribution < -0.4 is 15.4 Å². The minimum absolute atomic E-state index is 0.659. The molecule has 0 bridgehead atoms. The van der Waals surface area contributed by atoms with Crippen LogP contribution in [0, 0.1) is 0 Å². The molecule has 5 nitrogen and oxygen atoms in total. The molecule has 0 radical (unpaired) electrons. The highest BCUT2D eigenvalue weighted by Crippen LogP contribution is 2.28. The van der Waals surface area contributed by atoms with Crippen molar-refractivity contribution in [1.82, 2.24) is 4.98 Å². The van der Waals surface area contributed by atoms with Crippen LogP contribution in [-0.2, 0) is 4.74 Å². The molecule has 0 aliphatic rings. The molecule has 2 N–H and O–H groups in total. The minimum Gasteiger partial charge on any atom is -0.497 e. The molecule has 0 fully saturated rings. The van der Waals surface area contributed by atoms with Crippen molar-refractivity contribution in [2.45, 2.75) is 6.42 Å². The van der Waals surface area contributed by atoms with E-state index in [1.54, 1.807) is 14.2 Å². The van der Waals surface area contributed by atoms with E-state index >= 15 is 0 Å². The van der Waals surface area contributed by atoms with Gasteiger partial charge < -0.3 is 20.1 Å². The zero-order valence-electron chi connectivity index (χ0n) is 12.7. The van der Waals surface area contributed by atoms with E-state index in [2.05, 4.69) is 16.0 Å². The summed E-state index contributed by atoms with van der Waals surface area (Å²) in [6.45, 7) is 2.98. The summed E-state index contributed by atoms with van der Waals surface area (Å²) < 4.78 is 10.5. The number of methoxy groups -OCH3 is 2. The Morgan fingerprint density at radius 1 is 1.19 bits per heavy atom. The number of anilines is 1. The Morgan fingerprint density at radius 3 is 2.76 bits per heavy atom. The second-order valence-corrected chi connectivity index (χ2v) is 4.84. The first-order valence-corrected chi connectivity index (χ1v) is 7.17. The van der Waals surface area contributed by atoms with Crippen molar-refractivity contribution < 1.29 is 9.47 Å². The van der Waals surface area contributed by atoms with Gasteiger partial charge in [-0.2, -0.15) is 0 Å². The number of pyridine rings is 1. The van der Waals surface area contributed by atoms with Gasteiger partial charge in [0.1, 0.15) is 11.6 Å². The van der Waals surface area contributed by atoms with Gasteiger partial charge in [-0.3, -0.25) is 0 Å². The number of hydrogen-bond acceptors (Lipinski definition) is 5. The standard InChI is InChI=1S/C16H23N3O2/c1-20-11-10-19(9-3-7-17)16-15-12-14(21-2)5-4-13(15)6-8-18-16/h4-6,8,12H,3,7,9-11,17H2,1-2H3. The zero-order chi connectivity index (χ0) is 15.1. The molecule has 2 aromatic rings. The molecule has 5 heteroatoms. The van der Waals surface area contributed by atoms with E-state index in [9.17, 15) is 0 Å². The number of nitrogens with zero attached hydrogens (tertiary/aromatic N) is 2. The topological polar surface area (TPSA) is 60.6 Å². The lowest BCUT2D eigenvalue weighted by molar-refractivity contribution is 0.205. The first-order valence-electron chi connectivity index (χ1n) is 7.17. The molecule has 0 atom stereocenters. The lowest BCUT2D eigenvalue weighted by atomic mass is 10.1. The van der Waals surface area contributed by atoms with Crippen LogP contribution in [0.1, 0.15) is 6.42 Å². The van der Waals surface area contributed by atoms with E-state index in [4.69, 9.17) is 15.2 Å². The maximum Gasteiger partial charge on any atom is 0.136 e. The minimum atomic E-state index is 0.659. The van der Waals surface area contributed by atoms with Crippen molar-refractivity contribution in [3.8, 4) is 5.75 Å². The monoisotopic (exact) mass is 289 g/mol. The van der Waals surface area contributed by atoms with Crippen LogP contribution in [-0.4, -0.2) is 45.4 Å².